The van der Waals surface area contributed by atoms with E-state index in [4.69, 9.17) is 4.74 Å². The first-order valence-electron chi connectivity index (χ1n) is 9.70. The van der Waals surface area contributed by atoms with Gasteiger partial charge >= 0.3 is 6.03 Å². The summed E-state index contributed by atoms with van der Waals surface area (Å²) in [7, 11) is 1.42. The molecule has 0 saturated heterocycles. The molecule has 0 aliphatic carbocycles. The smallest absolute Gasteiger partial charge is 0.332 e. The number of amides is 3. The number of methoxy groups -OCH3 is 1. The standard InChI is InChI=1S/C22H16FN5O4S/c1-10-7-12(4-5-13(10)23)28-19-16-17(27-22(28)31)18(33-21(16)25-9-24-19)20(30)26-11-3-6-15(32-2)14(29)8-11/h3-9,29H,1-2H3,(H,26,30)(H,27,31). The molecular formula is C22H16FN5O4S. The molecule has 0 saturated carbocycles. The number of ether oxygens (including phenoxy) is 1. The summed E-state index contributed by atoms with van der Waals surface area (Å²) in [6, 6.07) is 8.23. The Kier molecular flexibility index (Phi) is 4.82. The van der Waals surface area contributed by atoms with Gasteiger partial charge in [-0.2, -0.15) is 0 Å². The summed E-state index contributed by atoms with van der Waals surface area (Å²) < 4.78 is 18.8. The van der Waals surface area contributed by atoms with Crippen LogP contribution in [0, 0.1) is 12.7 Å². The van der Waals surface area contributed by atoms with Crippen LogP contribution in [0.1, 0.15) is 15.2 Å². The number of anilines is 4. The van der Waals surface area contributed by atoms with Crippen molar-refractivity contribution < 1.29 is 23.8 Å². The number of hydrogen-bond donors (Lipinski definition) is 3. The predicted octanol–water partition coefficient (Wildman–Crippen LogP) is 4.79. The second-order valence-corrected chi connectivity index (χ2v) is 8.22. The lowest BCUT2D eigenvalue weighted by atomic mass is 10.1. The minimum absolute atomic E-state index is 0.125. The molecule has 3 heterocycles. The average molecular weight is 465 g/mol. The maximum Gasteiger partial charge on any atom is 0.332 e. The van der Waals surface area contributed by atoms with Crippen LogP contribution in [0.5, 0.6) is 11.5 Å². The van der Waals surface area contributed by atoms with Gasteiger partial charge in [-0.05, 0) is 42.8 Å². The van der Waals surface area contributed by atoms with E-state index >= 15 is 0 Å². The maximum atomic E-state index is 13.8. The molecule has 0 fully saturated rings. The van der Waals surface area contributed by atoms with Crippen LogP contribution < -0.4 is 20.3 Å². The van der Waals surface area contributed by atoms with E-state index in [0.29, 0.717) is 38.7 Å². The molecular weight excluding hydrogens is 449 g/mol. The van der Waals surface area contributed by atoms with Crippen LogP contribution in [0.15, 0.2) is 42.7 Å². The summed E-state index contributed by atoms with van der Waals surface area (Å²) in [5, 5.41) is 15.9. The monoisotopic (exact) mass is 465 g/mol. The van der Waals surface area contributed by atoms with E-state index in [1.165, 1.54) is 42.6 Å². The highest BCUT2D eigenvalue weighted by Gasteiger charge is 2.34. The molecule has 2 aromatic heterocycles. The molecule has 2 aromatic carbocycles. The van der Waals surface area contributed by atoms with Gasteiger partial charge in [0.05, 0.1) is 23.9 Å². The molecule has 3 amide bonds. The molecule has 11 heteroatoms. The van der Waals surface area contributed by atoms with Gasteiger partial charge in [-0.3, -0.25) is 4.79 Å². The van der Waals surface area contributed by atoms with Gasteiger partial charge in [-0.15, -0.1) is 11.3 Å². The summed E-state index contributed by atoms with van der Waals surface area (Å²) in [5.41, 5.74) is 1.45. The Hall–Kier alpha value is -4.25. The fraction of sp³-hybridized carbons (Fsp3) is 0.0909. The van der Waals surface area contributed by atoms with Crippen LogP contribution in [0.4, 0.5) is 32.1 Å². The van der Waals surface area contributed by atoms with E-state index in [1.807, 2.05) is 0 Å². The molecule has 3 N–H and O–H groups in total. The number of phenols is 1. The Morgan fingerprint density at radius 2 is 2.06 bits per heavy atom. The number of carbonyl (C=O) groups excluding carboxylic acids is 2. The van der Waals surface area contributed by atoms with Crippen molar-refractivity contribution in [1.82, 2.24) is 9.97 Å². The lowest BCUT2D eigenvalue weighted by Crippen LogP contribution is -2.35. The first kappa shape index (κ1) is 20.6. The second-order valence-electron chi connectivity index (χ2n) is 7.22. The zero-order chi connectivity index (χ0) is 23.3. The minimum Gasteiger partial charge on any atom is -0.504 e. The van der Waals surface area contributed by atoms with Crippen molar-refractivity contribution in [3.8, 4) is 11.5 Å². The normalized spacial score (nSPS) is 12.6. The van der Waals surface area contributed by atoms with Crippen molar-refractivity contribution in [2.24, 2.45) is 0 Å². The van der Waals surface area contributed by atoms with Gasteiger partial charge in [0.15, 0.2) is 17.3 Å². The molecule has 0 spiro atoms. The van der Waals surface area contributed by atoms with Crippen molar-refractivity contribution in [2.45, 2.75) is 6.92 Å². The third-order valence-electron chi connectivity index (χ3n) is 5.16. The second kappa shape index (κ2) is 7.71. The number of halogens is 1. The topological polar surface area (TPSA) is 117 Å². The summed E-state index contributed by atoms with van der Waals surface area (Å²) >= 11 is 1.09. The summed E-state index contributed by atoms with van der Waals surface area (Å²) in [5.74, 6) is -0.436. The van der Waals surface area contributed by atoms with Gasteiger partial charge in [-0.1, -0.05) is 0 Å². The van der Waals surface area contributed by atoms with Crippen molar-refractivity contribution in [2.75, 3.05) is 22.6 Å². The molecule has 9 nitrogen and oxygen atoms in total. The van der Waals surface area contributed by atoms with Crippen LogP contribution in [-0.4, -0.2) is 34.1 Å². The highest BCUT2D eigenvalue weighted by atomic mass is 32.1. The Bertz CT molecular complexity index is 1450. The van der Waals surface area contributed by atoms with Gasteiger partial charge in [0, 0.05) is 11.8 Å². The third kappa shape index (κ3) is 3.38. The number of hydrogen-bond acceptors (Lipinski definition) is 7. The number of benzene rings is 2. The number of aryl methyl sites for hydroxylation is 1. The number of aromatic hydroxyl groups is 1. The Balaban J connectivity index is 1.56. The Labute approximate surface area is 190 Å². The first-order chi connectivity index (χ1) is 15.9. The van der Waals surface area contributed by atoms with Gasteiger partial charge in [0.2, 0.25) is 0 Å². The fourth-order valence-electron chi connectivity index (χ4n) is 3.59. The zero-order valence-electron chi connectivity index (χ0n) is 17.3. The quantitative estimate of drug-likeness (QED) is 0.399. The first-order valence-corrected chi connectivity index (χ1v) is 10.5. The number of aromatic nitrogens is 2. The van der Waals surface area contributed by atoms with E-state index in [2.05, 4.69) is 20.6 Å². The lowest BCUT2D eigenvalue weighted by Gasteiger charge is -2.27. The molecule has 5 rings (SSSR count). The number of carbonyl (C=O) groups is 2. The van der Waals surface area contributed by atoms with Crippen molar-refractivity contribution in [3.63, 3.8) is 0 Å². The molecule has 4 aromatic rings. The van der Waals surface area contributed by atoms with E-state index in [1.54, 1.807) is 19.1 Å². The van der Waals surface area contributed by atoms with Crippen LogP contribution in [0.2, 0.25) is 0 Å². The minimum atomic E-state index is -0.539. The van der Waals surface area contributed by atoms with Gasteiger partial charge in [-0.25, -0.2) is 24.1 Å². The van der Waals surface area contributed by atoms with E-state index in [-0.39, 0.29) is 22.2 Å². The molecule has 0 bridgehead atoms. The van der Waals surface area contributed by atoms with E-state index in [0.717, 1.165) is 11.3 Å². The molecule has 0 unspecified atom stereocenters. The molecule has 1 aliphatic heterocycles. The molecule has 33 heavy (non-hydrogen) atoms. The molecule has 0 atom stereocenters. The van der Waals surface area contributed by atoms with Gasteiger partial charge < -0.3 is 20.5 Å². The van der Waals surface area contributed by atoms with Crippen LogP contribution in [-0.2, 0) is 0 Å². The molecule has 1 aliphatic rings. The Morgan fingerprint density at radius 3 is 2.79 bits per heavy atom. The third-order valence-corrected chi connectivity index (χ3v) is 6.25. The summed E-state index contributed by atoms with van der Waals surface area (Å²) in [4.78, 5) is 36.6. The number of nitrogens with one attached hydrogen (secondary N) is 2. The summed E-state index contributed by atoms with van der Waals surface area (Å²) in [6.45, 7) is 1.60. The molecule has 0 radical (unpaired) electrons. The van der Waals surface area contributed by atoms with E-state index in [9.17, 15) is 19.1 Å². The van der Waals surface area contributed by atoms with Crippen molar-refractivity contribution in [3.05, 3.63) is 59.0 Å². The van der Waals surface area contributed by atoms with Crippen LogP contribution in [0.25, 0.3) is 10.2 Å². The van der Waals surface area contributed by atoms with Crippen molar-refractivity contribution in [1.29, 1.82) is 0 Å². The summed E-state index contributed by atoms with van der Waals surface area (Å²) in [6.07, 6.45) is 1.31. The number of nitrogens with zero attached hydrogens (tertiary/aromatic N) is 3. The van der Waals surface area contributed by atoms with Gasteiger partial charge in [0.25, 0.3) is 5.91 Å². The highest BCUT2D eigenvalue weighted by Crippen LogP contribution is 2.45. The average Bonchev–Trinajstić information content (AvgIpc) is 3.16. The SMILES string of the molecule is COc1ccc(NC(=O)c2sc3ncnc4c3c2NC(=O)N4c2ccc(F)c(C)c2)cc1O. The zero-order valence-corrected chi connectivity index (χ0v) is 18.2. The van der Waals surface area contributed by atoms with Crippen molar-refractivity contribution >= 4 is 56.4 Å². The molecule has 166 valence electrons. The predicted molar refractivity (Wildman–Crippen MR) is 122 cm³/mol. The number of thiophene rings is 1. The largest absolute Gasteiger partial charge is 0.504 e. The number of phenolic OH excluding ortho intramolecular Hbond substituents is 1. The maximum absolute atomic E-state index is 13.8. The van der Waals surface area contributed by atoms with Crippen LogP contribution in [0.3, 0.4) is 0 Å². The highest BCUT2D eigenvalue weighted by molar-refractivity contribution is 7.21. The number of urea groups is 1. The van der Waals surface area contributed by atoms with Gasteiger partial charge in [0.1, 0.15) is 21.9 Å². The number of rotatable bonds is 4. The van der Waals surface area contributed by atoms with E-state index < -0.39 is 11.9 Å². The Morgan fingerprint density at radius 1 is 1.24 bits per heavy atom. The fourth-order valence-corrected chi connectivity index (χ4v) is 4.58. The van der Waals surface area contributed by atoms with Crippen LogP contribution >= 0.6 is 11.3 Å². The lowest BCUT2D eigenvalue weighted by molar-refractivity contribution is 0.103.